The van der Waals surface area contributed by atoms with Gasteiger partial charge in [-0.25, -0.2) is 0 Å². The zero-order valence-corrected chi connectivity index (χ0v) is 14.7. The number of aliphatic hydroxyl groups excluding tert-OH is 1. The molecule has 1 aliphatic rings. The molecule has 2 atom stereocenters. The van der Waals surface area contributed by atoms with Crippen molar-refractivity contribution in [2.45, 2.75) is 59.0 Å². The van der Waals surface area contributed by atoms with E-state index in [4.69, 9.17) is 0 Å². The SMILES string of the molecule is Cc1c(NC(C)C(C)C)cccc1C(=O)NC(CCO)C1CC1. The van der Waals surface area contributed by atoms with Crippen LogP contribution in [0.5, 0.6) is 0 Å². The maximum Gasteiger partial charge on any atom is 0.251 e. The van der Waals surface area contributed by atoms with Crippen LogP contribution in [-0.2, 0) is 0 Å². The van der Waals surface area contributed by atoms with Gasteiger partial charge in [-0.05, 0) is 62.6 Å². The van der Waals surface area contributed by atoms with E-state index in [9.17, 15) is 9.90 Å². The summed E-state index contributed by atoms with van der Waals surface area (Å²) in [5.41, 5.74) is 2.72. The van der Waals surface area contributed by atoms with Gasteiger partial charge in [0.25, 0.3) is 5.91 Å². The lowest BCUT2D eigenvalue weighted by atomic mass is 10.0. The van der Waals surface area contributed by atoms with Crippen LogP contribution >= 0.6 is 0 Å². The third-order valence-electron chi connectivity index (χ3n) is 4.91. The molecule has 4 nitrogen and oxygen atoms in total. The molecule has 1 amide bonds. The molecule has 0 heterocycles. The molecule has 0 aliphatic heterocycles. The Labute approximate surface area is 139 Å². The lowest BCUT2D eigenvalue weighted by molar-refractivity contribution is 0.0923. The summed E-state index contributed by atoms with van der Waals surface area (Å²) in [6.07, 6.45) is 2.94. The highest BCUT2D eigenvalue weighted by Crippen LogP contribution is 2.34. The molecule has 1 aromatic carbocycles. The van der Waals surface area contributed by atoms with Crippen LogP contribution in [0, 0.1) is 18.8 Å². The molecule has 1 fully saturated rings. The Morgan fingerprint density at radius 2 is 2.00 bits per heavy atom. The summed E-state index contributed by atoms with van der Waals surface area (Å²) >= 11 is 0. The molecule has 1 saturated carbocycles. The first-order valence-electron chi connectivity index (χ1n) is 8.72. The predicted molar refractivity (Wildman–Crippen MR) is 94.8 cm³/mol. The summed E-state index contributed by atoms with van der Waals surface area (Å²) < 4.78 is 0. The van der Waals surface area contributed by atoms with E-state index in [0.717, 1.165) is 29.7 Å². The van der Waals surface area contributed by atoms with Crippen molar-refractivity contribution in [2.24, 2.45) is 11.8 Å². The van der Waals surface area contributed by atoms with E-state index < -0.39 is 0 Å². The molecule has 2 unspecified atom stereocenters. The van der Waals surface area contributed by atoms with Gasteiger partial charge in [-0.2, -0.15) is 0 Å². The van der Waals surface area contributed by atoms with Gasteiger partial charge in [0.15, 0.2) is 0 Å². The highest BCUT2D eigenvalue weighted by molar-refractivity contribution is 5.97. The normalized spacial score (nSPS) is 17.0. The minimum atomic E-state index is -0.0336. The van der Waals surface area contributed by atoms with Crippen molar-refractivity contribution in [1.82, 2.24) is 5.32 Å². The second kappa shape index (κ2) is 7.82. The van der Waals surface area contributed by atoms with Gasteiger partial charge < -0.3 is 15.7 Å². The fraction of sp³-hybridized carbons (Fsp3) is 0.632. The molecular formula is C19H30N2O2. The lowest BCUT2D eigenvalue weighted by Gasteiger charge is -2.22. The standard InChI is InChI=1S/C19H30N2O2/c1-12(2)14(4)20-17-7-5-6-16(13(17)3)19(23)21-18(10-11-22)15-8-9-15/h5-7,12,14-15,18,20,22H,8-11H2,1-4H3,(H,21,23). The number of hydrogen-bond acceptors (Lipinski definition) is 3. The number of hydrogen-bond donors (Lipinski definition) is 3. The number of aliphatic hydroxyl groups is 1. The number of anilines is 1. The predicted octanol–water partition coefficient (Wildman–Crippen LogP) is 3.34. The number of carbonyl (C=O) groups excluding carboxylic acids is 1. The maximum atomic E-state index is 12.6. The number of amides is 1. The van der Waals surface area contributed by atoms with Gasteiger partial charge in [-0.15, -0.1) is 0 Å². The summed E-state index contributed by atoms with van der Waals surface area (Å²) in [7, 11) is 0. The average Bonchev–Trinajstić information content (AvgIpc) is 3.33. The van der Waals surface area contributed by atoms with E-state index in [1.54, 1.807) is 0 Å². The topological polar surface area (TPSA) is 61.4 Å². The third-order valence-corrected chi connectivity index (χ3v) is 4.91. The van der Waals surface area contributed by atoms with Gasteiger partial charge in [0.1, 0.15) is 0 Å². The van der Waals surface area contributed by atoms with Crippen LogP contribution in [0.15, 0.2) is 18.2 Å². The number of carbonyl (C=O) groups is 1. The smallest absolute Gasteiger partial charge is 0.251 e. The molecule has 0 spiro atoms. The Bertz CT molecular complexity index is 538. The van der Waals surface area contributed by atoms with Crippen molar-refractivity contribution in [3.63, 3.8) is 0 Å². The lowest BCUT2D eigenvalue weighted by Crippen LogP contribution is -2.37. The fourth-order valence-corrected chi connectivity index (χ4v) is 2.76. The molecule has 4 heteroatoms. The molecule has 128 valence electrons. The van der Waals surface area contributed by atoms with Crippen molar-refractivity contribution in [3.05, 3.63) is 29.3 Å². The van der Waals surface area contributed by atoms with Gasteiger partial charge in [-0.1, -0.05) is 19.9 Å². The van der Waals surface area contributed by atoms with E-state index in [2.05, 4.69) is 31.4 Å². The summed E-state index contributed by atoms with van der Waals surface area (Å²) in [6, 6.07) is 6.27. The van der Waals surface area contributed by atoms with Crippen molar-refractivity contribution < 1.29 is 9.90 Å². The molecular weight excluding hydrogens is 288 g/mol. The Kier molecular flexibility index (Phi) is 6.05. The summed E-state index contributed by atoms with van der Waals surface area (Å²) in [5.74, 6) is 1.03. The highest BCUT2D eigenvalue weighted by atomic mass is 16.3. The summed E-state index contributed by atoms with van der Waals surface area (Å²) in [4.78, 5) is 12.6. The van der Waals surface area contributed by atoms with Crippen LogP contribution in [-0.4, -0.2) is 29.7 Å². The van der Waals surface area contributed by atoms with Crippen LogP contribution in [0.25, 0.3) is 0 Å². The molecule has 0 radical (unpaired) electrons. The monoisotopic (exact) mass is 318 g/mol. The molecule has 0 bridgehead atoms. The first-order chi connectivity index (χ1) is 10.9. The average molecular weight is 318 g/mol. The second-order valence-corrected chi connectivity index (χ2v) is 7.08. The van der Waals surface area contributed by atoms with Crippen molar-refractivity contribution >= 4 is 11.6 Å². The van der Waals surface area contributed by atoms with Crippen LogP contribution in [0.2, 0.25) is 0 Å². The van der Waals surface area contributed by atoms with E-state index in [-0.39, 0.29) is 18.6 Å². The molecule has 0 aromatic heterocycles. The van der Waals surface area contributed by atoms with Crippen molar-refractivity contribution in [3.8, 4) is 0 Å². The van der Waals surface area contributed by atoms with Crippen LogP contribution in [0.3, 0.4) is 0 Å². The molecule has 1 aliphatic carbocycles. The van der Waals surface area contributed by atoms with E-state index >= 15 is 0 Å². The summed E-state index contributed by atoms with van der Waals surface area (Å²) in [6.45, 7) is 8.62. The van der Waals surface area contributed by atoms with Crippen molar-refractivity contribution in [2.75, 3.05) is 11.9 Å². The second-order valence-electron chi connectivity index (χ2n) is 7.08. The van der Waals surface area contributed by atoms with E-state index in [0.29, 0.717) is 24.3 Å². The van der Waals surface area contributed by atoms with E-state index in [1.807, 2.05) is 25.1 Å². The van der Waals surface area contributed by atoms with Crippen LogP contribution in [0.4, 0.5) is 5.69 Å². The first-order valence-corrected chi connectivity index (χ1v) is 8.72. The Morgan fingerprint density at radius 1 is 1.30 bits per heavy atom. The Morgan fingerprint density at radius 3 is 2.57 bits per heavy atom. The van der Waals surface area contributed by atoms with Crippen LogP contribution < -0.4 is 10.6 Å². The largest absolute Gasteiger partial charge is 0.396 e. The van der Waals surface area contributed by atoms with Crippen LogP contribution in [0.1, 0.15) is 56.0 Å². The third kappa shape index (κ3) is 4.71. The molecule has 23 heavy (non-hydrogen) atoms. The number of nitrogens with one attached hydrogen (secondary N) is 2. The van der Waals surface area contributed by atoms with Gasteiger partial charge in [0.05, 0.1) is 0 Å². The quantitative estimate of drug-likeness (QED) is 0.689. The Balaban J connectivity index is 2.10. The number of rotatable bonds is 8. The fourth-order valence-electron chi connectivity index (χ4n) is 2.76. The highest BCUT2D eigenvalue weighted by Gasteiger charge is 2.32. The van der Waals surface area contributed by atoms with Gasteiger partial charge in [0.2, 0.25) is 0 Å². The van der Waals surface area contributed by atoms with Gasteiger partial charge in [0, 0.05) is 29.9 Å². The minimum Gasteiger partial charge on any atom is -0.396 e. The first kappa shape index (κ1) is 17.8. The van der Waals surface area contributed by atoms with Gasteiger partial charge in [-0.3, -0.25) is 4.79 Å². The molecule has 2 rings (SSSR count). The molecule has 1 aromatic rings. The van der Waals surface area contributed by atoms with Crippen molar-refractivity contribution in [1.29, 1.82) is 0 Å². The zero-order chi connectivity index (χ0) is 17.0. The van der Waals surface area contributed by atoms with E-state index in [1.165, 1.54) is 0 Å². The Hall–Kier alpha value is -1.55. The summed E-state index contributed by atoms with van der Waals surface area (Å²) in [5, 5.41) is 15.8. The van der Waals surface area contributed by atoms with Gasteiger partial charge >= 0.3 is 0 Å². The zero-order valence-electron chi connectivity index (χ0n) is 14.7. The number of benzene rings is 1. The molecule has 3 N–H and O–H groups in total. The molecule has 0 saturated heterocycles. The maximum absolute atomic E-state index is 12.6. The minimum absolute atomic E-state index is 0.0336.